The van der Waals surface area contributed by atoms with Crippen LogP contribution in [0.15, 0.2) is 66.9 Å². The average molecular weight is 684 g/mol. The Morgan fingerprint density at radius 2 is 1.65 bits per heavy atom. The molecule has 2 aromatic carbocycles. The number of aromatic nitrogens is 1. The van der Waals surface area contributed by atoms with Crippen LogP contribution in [-0.2, 0) is 17.8 Å². The monoisotopic (exact) mass is 683 g/mol. The Hall–Kier alpha value is -4.65. The van der Waals surface area contributed by atoms with Crippen LogP contribution in [0.2, 0.25) is 0 Å². The molecule has 2 saturated heterocycles. The van der Waals surface area contributed by atoms with Crippen LogP contribution >= 0.6 is 0 Å². The van der Waals surface area contributed by atoms with E-state index in [0.29, 0.717) is 35.8 Å². The number of benzene rings is 2. The van der Waals surface area contributed by atoms with E-state index in [4.69, 9.17) is 14.6 Å². The SMILES string of the molecule is COc1cccc(C(=O)NC2CC3CCC(C2)N3c2ccc(C(=O)NCc3ccccc3)cn2)c1CCCNC(C)C.O=C(O)C(F)(F)F. The number of nitrogens with zero attached hydrogens (tertiary/aromatic N) is 2. The molecule has 4 N–H and O–H groups in total. The Morgan fingerprint density at radius 3 is 2.22 bits per heavy atom. The summed E-state index contributed by atoms with van der Waals surface area (Å²) in [5.41, 5.74) is 3.29. The molecule has 2 unspecified atom stereocenters. The highest BCUT2D eigenvalue weighted by Gasteiger charge is 2.42. The number of aliphatic carboxylic acids is 1. The zero-order valence-corrected chi connectivity index (χ0v) is 27.9. The van der Waals surface area contributed by atoms with E-state index in [2.05, 4.69) is 39.7 Å². The first-order chi connectivity index (χ1) is 23.4. The van der Waals surface area contributed by atoms with Crippen molar-refractivity contribution in [1.29, 1.82) is 0 Å². The van der Waals surface area contributed by atoms with Crippen LogP contribution in [0.5, 0.6) is 5.75 Å². The van der Waals surface area contributed by atoms with Crippen molar-refractivity contribution in [3.05, 3.63) is 89.1 Å². The molecule has 0 saturated carbocycles. The van der Waals surface area contributed by atoms with Crippen LogP contribution < -0.4 is 25.6 Å². The third-order valence-electron chi connectivity index (χ3n) is 8.64. The van der Waals surface area contributed by atoms with Crippen LogP contribution in [0.3, 0.4) is 0 Å². The van der Waals surface area contributed by atoms with Gasteiger partial charge < -0.3 is 30.7 Å². The number of anilines is 1. The van der Waals surface area contributed by atoms with Crippen molar-refractivity contribution in [2.45, 2.75) is 89.3 Å². The first-order valence-corrected chi connectivity index (χ1v) is 16.4. The lowest BCUT2D eigenvalue weighted by Crippen LogP contribution is -2.51. The summed E-state index contributed by atoms with van der Waals surface area (Å²) in [5.74, 6) is -1.24. The van der Waals surface area contributed by atoms with Gasteiger partial charge >= 0.3 is 12.1 Å². The molecule has 1 aromatic heterocycles. The second-order valence-electron chi connectivity index (χ2n) is 12.5. The summed E-state index contributed by atoms with van der Waals surface area (Å²) in [6, 6.07) is 20.6. The van der Waals surface area contributed by atoms with Crippen molar-refractivity contribution in [3.8, 4) is 5.75 Å². The van der Waals surface area contributed by atoms with Crippen LogP contribution in [-0.4, -0.2) is 71.9 Å². The number of halogens is 3. The van der Waals surface area contributed by atoms with Gasteiger partial charge in [0.2, 0.25) is 0 Å². The van der Waals surface area contributed by atoms with Gasteiger partial charge in [-0.15, -0.1) is 0 Å². The molecule has 2 amide bonds. The van der Waals surface area contributed by atoms with E-state index in [1.54, 1.807) is 13.3 Å². The van der Waals surface area contributed by atoms with Crippen LogP contribution in [0.1, 0.15) is 77.8 Å². The van der Waals surface area contributed by atoms with E-state index in [-0.39, 0.29) is 17.9 Å². The Bertz CT molecular complexity index is 1540. The van der Waals surface area contributed by atoms with Crippen molar-refractivity contribution in [1.82, 2.24) is 20.9 Å². The summed E-state index contributed by atoms with van der Waals surface area (Å²) in [5, 5.41) is 16.9. The van der Waals surface area contributed by atoms with Crippen molar-refractivity contribution < 1.29 is 37.4 Å². The van der Waals surface area contributed by atoms with Gasteiger partial charge in [0, 0.05) is 48.0 Å². The molecular weight excluding hydrogens is 639 g/mol. The number of methoxy groups -OCH3 is 1. The van der Waals surface area contributed by atoms with Crippen molar-refractivity contribution in [3.63, 3.8) is 0 Å². The fraction of sp³-hybridized carbons (Fsp3) is 0.444. The zero-order chi connectivity index (χ0) is 35.6. The summed E-state index contributed by atoms with van der Waals surface area (Å²) in [4.78, 5) is 42.2. The van der Waals surface area contributed by atoms with Gasteiger partial charge in [-0.05, 0) is 74.9 Å². The number of carbonyl (C=O) groups excluding carboxylic acids is 2. The Kier molecular flexibility index (Phi) is 13.0. The highest BCUT2D eigenvalue weighted by atomic mass is 19.4. The van der Waals surface area contributed by atoms with Gasteiger partial charge in [0.1, 0.15) is 11.6 Å². The number of carbonyl (C=O) groups is 3. The van der Waals surface area contributed by atoms with Gasteiger partial charge in [-0.1, -0.05) is 50.2 Å². The lowest BCUT2D eigenvalue weighted by Gasteiger charge is -2.40. The molecule has 10 nitrogen and oxygen atoms in total. The fourth-order valence-corrected chi connectivity index (χ4v) is 6.37. The normalized spacial score (nSPS) is 18.3. The minimum atomic E-state index is -5.08. The molecule has 5 rings (SSSR count). The molecule has 2 bridgehead atoms. The summed E-state index contributed by atoms with van der Waals surface area (Å²) in [6.07, 6.45) is 2.20. The fourth-order valence-electron chi connectivity index (χ4n) is 6.37. The predicted molar refractivity (Wildman–Crippen MR) is 180 cm³/mol. The van der Waals surface area contributed by atoms with Crippen LogP contribution in [0, 0.1) is 0 Å². The third-order valence-corrected chi connectivity index (χ3v) is 8.64. The molecule has 13 heteroatoms. The number of pyridine rings is 1. The van der Waals surface area contributed by atoms with E-state index >= 15 is 0 Å². The molecule has 3 aromatic rings. The topological polar surface area (TPSA) is 133 Å². The highest BCUT2D eigenvalue weighted by Crippen LogP contribution is 2.39. The maximum absolute atomic E-state index is 13.5. The van der Waals surface area contributed by atoms with E-state index in [9.17, 15) is 22.8 Å². The molecular formula is C36H44F3N5O5. The zero-order valence-electron chi connectivity index (χ0n) is 27.9. The molecule has 2 aliphatic heterocycles. The van der Waals surface area contributed by atoms with E-state index in [1.165, 1.54) is 0 Å². The van der Waals surface area contributed by atoms with Crippen molar-refractivity contribution in [2.24, 2.45) is 0 Å². The Labute approximate surface area is 284 Å². The molecule has 2 fully saturated rings. The van der Waals surface area contributed by atoms with Crippen LogP contribution in [0.25, 0.3) is 0 Å². The van der Waals surface area contributed by atoms with Crippen LogP contribution in [0.4, 0.5) is 19.0 Å². The lowest BCUT2D eigenvalue weighted by molar-refractivity contribution is -0.192. The Morgan fingerprint density at radius 1 is 0.980 bits per heavy atom. The summed E-state index contributed by atoms with van der Waals surface area (Å²) in [7, 11) is 1.66. The van der Waals surface area contributed by atoms with Gasteiger partial charge in [0.15, 0.2) is 0 Å². The first-order valence-electron chi connectivity index (χ1n) is 16.4. The summed E-state index contributed by atoms with van der Waals surface area (Å²) in [6.45, 7) is 5.65. The van der Waals surface area contributed by atoms with E-state index in [1.807, 2.05) is 60.7 Å². The maximum atomic E-state index is 13.5. The summed E-state index contributed by atoms with van der Waals surface area (Å²) >= 11 is 0. The van der Waals surface area contributed by atoms with Gasteiger partial charge in [-0.2, -0.15) is 13.2 Å². The van der Waals surface area contributed by atoms with Gasteiger partial charge in [-0.3, -0.25) is 9.59 Å². The molecule has 0 spiro atoms. The second-order valence-corrected chi connectivity index (χ2v) is 12.5. The van der Waals surface area contributed by atoms with Crippen molar-refractivity contribution in [2.75, 3.05) is 18.6 Å². The molecule has 49 heavy (non-hydrogen) atoms. The number of carboxylic acid groups (broad SMARTS) is 1. The molecule has 264 valence electrons. The number of piperidine rings is 1. The van der Waals surface area contributed by atoms with E-state index < -0.39 is 12.1 Å². The standard InChI is InChI=1S/C34H43N5O3.C2HF3O2/c1-23(2)35-18-8-12-29-30(11-7-13-31(29)42-3)34(41)38-26-19-27-15-16-28(20-26)39(27)32-17-14-25(22-36-32)33(40)37-21-24-9-5-4-6-10-24;3-2(4,5)1(6)7/h4-7,9-11,13-14,17,22-23,26-28,35H,8,12,15-16,18-21H2,1-3H3,(H,37,40)(H,38,41);(H,6,7). The molecule has 0 aliphatic carbocycles. The third kappa shape index (κ3) is 10.4. The number of alkyl halides is 3. The van der Waals surface area contributed by atoms with Gasteiger partial charge in [0.25, 0.3) is 11.8 Å². The second kappa shape index (κ2) is 17.1. The predicted octanol–water partition coefficient (Wildman–Crippen LogP) is 5.51. The van der Waals surface area contributed by atoms with E-state index in [0.717, 1.165) is 67.8 Å². The summed E-state index contributed by atoms with van der Waals surface area (Å²) < 4.78 is 37.4. The molecule has 2 atom stereocenters. The lowest BCUT2D eigenvalue weighted by atomic mass is 9.95. The number of fused-ring (bicyclic) bond motifs is 2. The van der Waals surface area contributed by atoms with Gasteiger partial charge in [0.05, 0.1) is 12.7 Å². The number of hydrogen-bond acceptors (Lipinski definition) is 7. The number of hydrogen-bond donors (Lipinski definition) is 4. The number of carboxylic acids is 1. The number of nitrogens with one attached hydrogen (secondary N) is 3. The quantitative estimate of drug-likeness (QED) is 0.184. The maximum Gasteiger partial charge on any atom is 0.490 e. The molecule has 2 aliphatic rings. The molecule has 3 heterocycles. The Balaban J connectivity index is 0.000000698. The highest BCUT2D eigenvalue weighted by molar-refractivity contribution is 5.96. The number of amides is 2. The average Bonchev–Trinajstić information content (AvgIpc) is 3.35. The van der Waals surface area contributed by atoms with Crippen molar-refractivity contribution >= 4 is 23.6 Å². The first kappa shape index (κ1) is 37.2. The minimum absolute atomic E-state index is 0.0254. The largest absolute Gasteiger partial charge is 0.496 e. The number of rotatable bonds is 12. The smallest absolute Gasteiger partial charge is 0.490 e. The minimum Gasteiger partial charge on any atom is -0.496 e. The number of ether oxygens (including phenoxy) is 1. The van der Waals surface area contributed by atoms with Gasteiger partial charge in [-0.25, -0.2) is 9.78 Å². The molecule has 0 radical (unpaired) electrons.